The van der Waals surface area contributed by atoms with Crippen LogP contribution in [-0.2, 0) is 17.8 Å². The number of nitrogens with one attached hydrogen (secondary N) is 2. The topological polar surface area (TPSA) is 80.6 Å². The third kappa shape index (κ3) is 5.25. The second kappa shape index (κ2) is 9.59. The second-order valence-electron chi connectivity index (χ2n) is 6.52. The van der Waals surface area contributed by atoms with Gasteiger partial charge in [-0.1, -0.05) is 37.3 Å². The molecule has 3 rings (SSSR count). The van der Waals surface area contributed by atoms with E-state index < -0.39 is 6.10 Å². The van der Waals surface area contributed by atoms with Crippen molar-refractivity contribution in [1.29, 1.82) is 0 Å². The van der Waals surface area contributed by atoms with Gasteiger partial charge in [0.2, 0.25) is 0 Å². The van der Waals surface area contributed by atoms with Gasteiger partial charge in [0, 0.05) is 0 Å². The molecule has 0 saturated carbocycles. The highest BCUT2D eigenvalue weighted by molar-refractivity contribution is 6.04. The molecule has 0 saturated heterocycles. The average Bonchev–Trinajstić information content (AvgIpc) is 3.26. The van der Waals surface area contributed by atoms with Gasteiger partial charge in [-0.05, 0) is 49.2 Å². The predicted molar refractivity (Wildman–Crippen MR) is 111 cm³/mol. The Hall–Kier alpha value is -3.54. The minimum atomic E-state index is -0.720. The van der Waals surface area contributed by atoms with Crippen molar-refractivity contribution in [2.75, 3.05) is 5.32 Å². The van der Waals surface area contributed by atoms with Crippen LogP contribution in [0.2, 0.25) is 0 Å². The van der Waals surface area contributed by atoms with E-state index in [0.717, 1.165) is 12.0 Å². The summed E-state index contributed by atoms with van der Waals surface area (Å²) >= 11 is 0. The molecule has 2 amide bonds. The van der Waals surface area contributed by atoms with Crippen molar-refractivity contribution >= 4 is 17.5 Å². The number of ether oxygens (including phenoxy) is 1. The van der Waals surface area contributed by atoms with Crippen molar-refractivity contribution < 1.29 is 18.7 Å². The number of anilines is 1. The van der Waals surface area contributed by atoms with Gasteiger partial charge in [-0.3, -0.25) is 9.59 Å². The summed E-state index contributed by atoms with van der Waals surface area (Å²) in [6.07, 6.45) is 1.64. The standard InChI is InChI=1S/C23H24N2O4/c1-3-17-9-4-7-13-21(17)29-16(2)22(26)25-20-12-6-5-11-19(20)23(27)24-15-18-10-8-14-28-18/h4-14,16H,3,15H2,1-2H3,(H,24,27)(H,25,26)/t16-/m1/s1. The summed E-state index contributed by atoms with van der Waals surface area (Å²) in [4.78, 5) is 25.2. The van der Waals surface area contributed by atoms with E-state index in [-0.39, 0.29) is 18.4 Å². The molecule has 150 valence electrons. The first kappa shape index (κ1) is 20.2. The van der Waals surface area contributed by atoms with Gasteiger partial charge in [-0.25, -0.2) is 0 Å². The molecule has 0 unspecified atom stereocenters. The summed E-state index contributed by atoms with van der Waals surface area (Å²) in [5.41, 5.74) is 1.83. The molecule has 0 fully saturated rings. The number of rotatable bonds is 8. The maximum absolute atomic E-state index is 12.7. The van der Waals surface area contributed by atoms with Gasteiger partial charge in [0.05, 0.1) is 24.1 Å². The van der Waals surface area contributed by atoms with Gasteiger partial charge in [0.1, 0.15) is 11.5 Å². The van der Waals surface area contributed by atoms with Crippen LogP contribution in [0.3, 0.4) is 0 Å². The third-order valence-electron chi connectivity index (χ3n) is 4.46. The lowest BCUT2D eigenvalue weighted by Crippen LogP contribution is -2.32. The molecule has 0 radical (unpaired) electrons. The summed E-state index contributed by atoms with van der Waals surface area (Å²) in [5, 5.41) is 5.58. The lowest BCUT2D eigenvalue weighted by molar-refractivity contribution is -0.122. The van der Waals surface area contributed by atoms with Crippen LogP contribution in [0.25, 0.3) is 0 Å². The van der Waals surface area contributed by atoms with E-state index in [4.69, 9.17) is 9.15 Å². The van der Waals surface area contributed by atoms with E-state index in [9.17, 15) is 9.59 Å². The molecule has 1 aromatic heterocycles. The highest BCUT2D eigenvalue weighted by atomic mass is 16.5. The highest BCUT2D eigenvalue weighted by Gasteiger charge is 2.19. The molecule has 0 spiro atoms. The minimum absolute atomic E-state index is 0.265. The first-order valence-electron chi connectivity index (χ1n) is 9.53. The Labute approximate surface area is 169 Å². The minimum Gasteiger partial charge on any atom is -0.481 e. The number of amides is 2. The fourth-order valence-electron chi connectivity index (χ4n) is 2.86. The number of carbonyl (C=O) groups is 2. The monoisotopic (exact) mass is 392 g/mol. The van der Waals surface area contributed by atoms with Gasteiger partial charge in [0.15, 0.2) is 6.10 Å². The van der Waals surface area contributed by atoms with Crippen molar-refractivity contribution in [3.05, 3.63) is 83.8 Å². The van der Waals surface area contributed by atoms with Crippen molar-refractivity contribution in [2.45, 2.75) is 32.9 Å². The molecule has 6 heteroatoms. The average molecular weight is 392 g/mol. The molecule has 1 atom stereocenters. The summed E-state index contributed by atoms with van der Waals surface area (Å²) in [7, 11) is 0. The van der Waals surface area contributed by atoms with Crippen LogP contribution in [-0.4, -0.2) is 17.9 Å². The van der Waals surface area contributed by atoms with Crippen LogP contribution >= 0.6 is 0 Å². The van der Waals surface area contributed by atoms with Gasteiger partial charge in [-0.2, -0.15) is 0 Å². The zero-order valence-electron chi connectivity index (χ0n) is 16.5. The zero-order valence-corrected chi connectivity index (χ0v) is 16.5. The van der Waals surface area contributed by atoms with Gasteiger partial charge >= 0.3 is 0 Å². The normalized spacial score (nSPS) is 11.5. The van der Waals surface area contributed by atoms with E-state index >= 15 is 0 Å². The van der Waals surface area contributed by atoms with Gasteiger partial charge in [0.25, 0.3) is 11.8 Å². The summed E-state index contributed by atoms with van der Waals surface area (Å²) < 4.78 is 11.1. The summed E-state index contributed by atoms with van der Waals surface area (Å²) in [6.45, 7) is 3.98. The number of aryl methyl sites for hydroxylation is 1. The van der Waals surface area contributed by atoms with E-state index in [1.54, 1.807) is 49.6 Å². The number of hydrogen-bond acceptors (Lipinski definition) is 4. The first-order valence-corrected chi connectivity index (χ1v) is 9.53. The molecular formula is C23H24N2O4. The summed E-state index contributed by atoms with van der Waals surface area (Å²) in [5.74, 6) is 0.697. The lowest BCUT2D eigenvalue weighted by Gasteiger charge is -2.18. The van der Waals surface area contributed by atoms with Crippen molar-refractivity contribution in [1.82, 2.24) is 5.32 Å². The van der Waals surface area contributed by atoms with Gasteiger partial charge in [-0.15, -0.1) is 0 Å². The molecule has 29 heavy (non-hydrogen) atoms. The van der Waals surface area contributed by atoms with Crippen LogP contribution in [0.1, 0.15) is 35.5 Å². The van der Waals surface area contributed by atoms with Gasteiger partial charge < -0.3 is 19.8 Å². The molecule has 6 nitrogen and oxygen atoms in total. The van der Waals surface area contributed by atoms with Crippen LogP contribution < -0.4 is 15.4 Å². The molecule has 2 aromatic carbocycles. The fourth-order valence-corrected chi connectivity index (χ4v) is 2.86. The Morgan fingerprint density at radius 3 is 2.55 bits per heavy atom. The molecule has 2 N–H and O–H groups in total. The molecular weight excluding hydrogens is 368 g/mol. The maximum atomic E-state index is 12.7. The van der Waals surface area contributed by atoms with E-state index in [0.29, 0.717) is 22.8 Å². The van der Waals surface area contributed by atoms with Crippen LogP contribution in [0.15, 0.2) is 71.3 Å². The Kier molecular flexibility index (Phi) is 6.68. The van der Waals surface area contributed by atoms with Crippen molar-refractivity contribution in [2.24, 2.45) is 0 Å². The Morgan fingerprint density at radius 2 is 1.79 bits per heavy atom. The maximum Gasteiger partial charge on any atom is 0.265 e. The zero-order chi connectivity index (χ0) is 20.6. The Balaban J connectivity index is 1.66. The smallest absolute Gasteiger partial charge is 0.265 e. The number of hydrogen-bond donors (Lipinski definition) is 2. The predicted octanol–water partition coefficient (Wildman–Crippen LogP) is 4.18. The van der Waals surface area contributed by atoms with E-state index in [1.807, 2.05) is 31.2 Å². The summed E-state index contributed by atoms with van der Waals surface area (Å²) in [6, 6.07) is 18.0. The largest absolute Gasteiger partial charge is 0.481 e. The Bertz CT molecular complexity index is 967. The van der Waals surface area contributed by atoms with Crippen LogP contribution in [0.5, 0.6) is 5.75 Å². The molecule has 0 aliphatic carbocycles. The second-order valence-corrected chi connectivity index (χ2v) is 6.52. The van der Waals surface area contributed by atoms with E-state index in [2.05, 4.69) is 10.6 Å². The third-order valence-corrected chi connectivity index (χ3v) is 4.46. The molecule has 0 aliphatic rings. The van der Waals surface area contributed by atoms with Crippen molar-refractivity contribution in [3.63, 3.8) is 0 Å². The number of furan rings is 1. The number of benzene rings is 2. The number of para-hydroxylation sites is 2. The number of carbonyl (C=O) groups excluding carboxylic acids is 2. The molecule has 1 heterocycles. The van der Waals surface area contributed by atoms with Crippen molar-refractivity contribution in [3.8, 4) is 5.75 Å². The van der Waals surface area contributed by atoms with E-state index in [1.165, 1.54) is 0 Å². The molecule has 0 aliphatic heterocycles. The first-order chi connectivity index (χ1) is 14.1. The fraction of sp³-hybridized carbons (Fsp3) is 0.217. The lowest BCUT2D eigenvalue weighted by atomic mass is 10.1. The van der Waals surface area contributed by atoms with Crippen LogP contribution in [0.4, 0.5) is 5.69 Å². The SMILES string of the molecule is CCc1ccccc1O[C@H](C)C(=O)Nc1ccccc1C(=O)NCc1ccco1. The van der Waals surface area contributed by atoms with Crippen LogP contribution in [0, 0.1) is 0 Å². The molecule has 0 bridgehead atoms. The Morgan fingerprint density at radius 1 is 1.03 bits per heavy atom. The molecule has 3 aromatic rings. The highest BCUT2D eigenvalue weighted by Crippen LogP contribution is 2.21. The quantitative estimate of drug-likeness (QED) is 0.603.